The number of benzene rings is 1. The number of amides is 1. The molecule has 1 N–H and O–H groups in total. The van der Waals surface area contributed by atoms with Crippen molar-refractivity contribution in [3.8, 4) is 0 Å². The van der Waals surface area contributed by atoms with Gasteiger partial charge in [-0.05, 0) is 30.7 Å². The van der Waals surface area contributed by atoms with E-state index in [1.165, 1.54) is 38.4 Å². The second-order valence-corrected chi connectivity index (χ2v) is 9.22. The lowest BCUT2D eigenvalue weighted by atomic mass is 9.96. The van der Waals surface area contributed by atoms with Crippen LogP contribution in [0.15, 0.2) is 33.7 Å². The molecule has 154 valence electrons. The Morgan fingerprint density at radius 2 is 1.89 bits per heavy atom. The molecule has 10 heteroatoms. The average molecular weight is 410 g/mol. The number of aryl methyl sites for hydroxylation is 1. The minimum absolute atomic E-state index is 0.0703. The third kappa shape index (κ3) is 5.60. The monoisotopic (exact) mass is 410 g/mol. The van der Waals surface area contributed by atoms with E-state index in [0.717, 1.165) is 4.47 Å². The molecule has 0 bridgehead atoms. The van der Waals surface area contributed by atoms with Gasteiger partial charge < -0.3 is 9.84 Å². The van der Waals surface area contributed by atoms with Crippen molar-refractivity contribution in [1.29, 1.82) is 0 Å². The number of carbonyl (C=O) groups is 1. The molecule has 0 unspecified atom stereocenters. The number of sulfonamides is 1. The predicted octanol–water partition coefficient (Wildman–Crippen LogP) is 2.51. The largest absolute Gasteiger partial charge is 0.339 e. The van der Waals surface area contributed by atoms with Gasteiger partial charge in [0.15, 0.2) is 5.82 Å². The first-order valence-corrected chi connectivity index (χ1v) is 10.2. The second kappa shape index (κ2) is 8.80. The molecule has 28 heavy (non-hydrogen) atoms. The molecule has 0 aliphatic heterocycles. The Bertz CT molecular complexity index is 901. The summed E-state index contributed by atoms with van der Waals surface area (Å²) in [5.74, 6) is 0.968. The molecule has 1 aromatic carbocycles. The van der Waals surface area contributed by atoms with Crippen molar-refractivity contribution in [3.63, 3.8) is 0 Å². The minimum Gasteiger partial charge on any atom is -0.339 e. The maximum absolute atomic E-state index is 12.1. The zero-order chi connectivity index (χ0) is 20.9. The van der Waals surface area contributed by atoms with Crippen molar-refractivity contribution in [2.24, 2.45) is 0 Å². The SMILES string of the molecule is CON(C)S(=O)(=O)c1ccc(NC(=O)CCCc2nc(C(C)(C)C)no2)cc1. The van der Waals surface area contributed by atoms with Gasteiger partial charge in [0.2, 0.25) is 11.8 Å². The summed E-state index contributed by atoms with van der Waals surface area (Å²) in [7, 11) is -1.14. The van der Waals surface area contributed by atoms with Crippen LogP contribution in [0.3, 0.4) is 0 Å². The molecule has 0 aliphatic rings. The van der Waals surface area contributed by atoms with Crippen LogP contribution < -0.4 is 5.32 Å². The van der Waals surface area contributed by atoms with Gasteiger partial charge in [-0.1, -0.05) is 30.4 Å². The van der Waals surface area contributed by atoms with Crippen LogP contribution in [-0.2, 0) is 31.5 Å². The summed E-state index contributed by atoms with van der Waals surface area (Å²) in [6.45, 7) is 6.00. The van der Waals surface area contributed by atoms with Crippen molar-refractivity contribution in [2.75, 3.05) is 19.5 Å². The number of nitrogens with zero attached hydrogens (tertiary/aromatic N) is 3. The molecule has 1 amide bonds. The molecule has 0 atom stereocenters. The molecule has 1 aromatic heterocycles. The normalized spacial score (nSPS) is 12.4. The Kier molecular flexibility index (Phi) is 6.91. The Morgan fingerprint density at radius 3 is 2.43 bits per heavy atom. The van der Waals surface area contributed by atoms with Gasteiger partial charge in [0, 0.05) is 31.0 Å². The minimum atomic E-state index is -3.71. The molecule has 0 fully saturated rings. The van der Waals surface area contributed by atoms with E-state index < -0.39 is 10.0 Å². The maximum Gasteiger partial charge on any atom is 0.264 e. The lowest BCUT2D eigenvalue weighted by Gasteiger charge is -2.14. The fourth-order valence-corrected chi connectivity index (χ4v) is 3.21. The average Bonchev–Trinajstić information content (AvgIpc) is 3.10. The quantitative estimate of drug-likeness (QED) is 0.665. The summed E-state index contributed by atoms with van der Waals surface area (Å²) < 4.78 is 30.2. The highest BCUT2D eigenvalue weighted by Crippen LogP contribution is 2.20. The fourth-order valence-electron chi connectivity index (χ4n) is 2.24. The summed E-state index contributed by atoms with van der Waals surface area (Å²) in [5.41, 5.74) is 0.327. The van der Waals surface area contributed by atoms with Crippen LogP contribution in [0.25, 0.3) is 0 Å². The fraction of sp³-hybridized carbons (Fsp3) is 0.500. The zero-order valence-corrected chi connectivity index (χ0v) is 17.5. The Hall–Kier alpha value is -2.30. The van der Waals surface area contributed by atoms with Gasteiger partial charge in [-0.2, -0.15) is 4.98 Å². The third-order valence-corrected chi connectivity index (χ3v) is 5.66. The van der Waals surface area contributed by atoms with E-state index in [1.54, 1.807) is 0 Å². The van der Waals surface area contributed by atoms with Crippen LogP contribution >= 0.6 is 0 Å². The Morgan fingerprint density at radius 1 is 1.25 bits per heavy atom. The molecule has 0 radical (unpaired) electrons. The first-order chi connectivity index (χ1) is 13.0. The van der Waals surface area contributed by atoms with Crippen LogP contribution in [0.4, 0.5) is 5.69 Å². The third-order valence-electron chi connectivity index (χ3n) is 3.96. The van der Waals surface area contributed by atoms with Crippen molar-refractivity contribution in [1.82, 2.24) is 14.6 Å². The summed E-state index contributed by atoms with van der Waals surface area (Å²) >= 11 is 0. The maximum atomic E-state index is 12.1. The van der Waals surface area contributed by atoms with E-state index in [1.807, 2.05) is 20.8 Å². The zero-order valence-electron chi connectivity index (χ0n) is 16.7. The first kappa shape index (κ1) is 22.0. The van der Waals surface area contributed by atoms with E-state index in [4.69, 9.17) is 9.36 Å². The van der Waals surface area contributed by atoms with Crippen LogP contribution in [-0.4, -0.2) is 43.1 Å². The van der Waals surface area contributed by atoms with Crippen molar-refractivity contribution >= 4 is 21.6 Å². The molecule has 2 aromatic rings. The number of anilines is 1. The van der Waals surface area contributed by atoms with Crippen molar-refractivity contribution in [3.05, 3.63) is 36.0 Å². The smallest absolute Gasteiger partial charge is 0.264 e. The molecule has 0 spiro atoms. The molecule has 0 saturated heterocycles. The van der Waals surface area contributed by atoms with E-state index in [2.05, 4.69) is 15.5 Å². The number of hydrogen-bond donors (Lipinski definition) is 1. The highest BCUT2D eigenvalue weighted by molar-refractivity contribution is 7.89. The summed E-state index contributed by atoms with van der Waals surface area (Å²) in [5, 5.41) is 6.69. The number of nitrogens with one attached hydrogen (secondary N) is 1. The summed E-state index contributed by atoms with van der Waals surface area (Å²) in [6, 6.07) is 5.88. The molecule has 0 saturated carbocycles. The lowest BCUT2D eigenvalue weighted by Crippen LogP contribution is -2.25. The number of carbonyl (C=O) groups excluding carboxylic acids is 1. The summed E-state index contributed by atoms with van der Waals surface area (Å²) in [6.07, 6.45) is 1.35. The van der Waals surface area contributed by atoms with Crippen LogP contribution in [0.2, 0.25) is 0 Å². The molecule has 2 rings (SSSR count). The number of rotatable bonds is 8. The van der Waals surface area contributed by atoms with E-state index >= 15 is 0 Å². The molecule has 1 heterocycles. The van der Waals surface area contributed by atoms with Crippen molar-refractivity contribution < 1.29 is 22.6 Å². The molecule has 9 nitrogen and oxygen atoms in total. The van der Waals surface area contributed by atoms with Crippen LogP contribution in [0.5, 0.6) is 0 Å². The number of hydroxylamine groups is 1. The molecular formula is C18H26N4O5S. The second-order valence-electron chi connectivity index (χ2n) is 7.29. The first-order valence-electron chi connectivity index (χ1n) is 8.80. The van der Waals surface area contributed by atoms with Crippen LogP contribution in [0.1, 0.15) is 45.3 Å². The highest BCUT2D eigenvalue weighted by Gasteiger charge is 2.21. The van der Waals surface area contributed by atoms with Gasteiger partial charge in [-0.3, -0.25) is 9.63 Å². The van der Waals surface area contributed by atoms with E-state index in [0.29, 0.717) is 30.2 Å². The van der Waals surface area contributed by atoms with Gasteiger partial charge in [0.25, 0.3) is 10.0 Å². The molecule has 0 aliphatic carbocycles. The Balaban J connectivity index is 1.86. The van der Waals surface area contributed by atoms with Gasteiger partial charge in [-0.25, -0.2) is 8.42 Å². The Labute approximate surface area is 165 Å². The lowest BCUT2D eigenvalue weighted by molar-refractivity contribution is -0.116. The highest BCUT2D eigenvalue weighted by atomic mass is 32.2. The van der Waals surface area contributed by atoms with Gasteiger partial charge in [0.1, 0.15) is 0 Å². The van der Waals surface area contributed by atoms with Gasteiger partial charge >= 0.3 is 0 Å². The number of hydrogen-bond acceptors (Lipinski definition) is 7. The van der Waals surface area contributed by atoms with Crippen molar-refractivity contribution in [2.45, 2.75) is 50.3 Å². The molecular weight excluding hydrogens is 384 g/mol. The van der Waals surface area contributed by atoms with Gasteiger partial charge in [0.05, 0.1) is 12.0 Å². The number of aromatic nitrogens is 2. The van der Waals surface area contributed by atoms with E-state index in [9.17, 15) is 13.2 Å². The predicted molar refractivity (Wildman–Crippen MR) is 103 cm³/mol. The van der Waals surface area contributed by atoms with Crippen LogP contribution in [0, 0.1) is 0 Å². The standard InChI is InChI=1S/C18H26N4O5S/c1-18(2,3)17-20-16(27-21-17)8-6-7-15(23)19-13-9-11-14(12-10-13)28(24,25)22(4)26-5/h9-12H,6-8H2,1-5H3,(H,19,23). The van der Waals surface area contributed by atoms with E-state index in [-0.39, 0.29) is 22.6 Å². The van der Waals surface area contributed by atoms with Gasteiger partial charge in [-0.15, -0.1) is 0 Å². The topological polar surface area (TPSA) is 115 Å². The summed E-state index contributed by atoms with van der Waals surface area (Å²) in [4.78, 5) is 21.2.